The molecule has 0 bridgehead atoms. The van der Waals surface area contributed by atoms with Gasteiger partial charge >= 0.3 is 0 Å². The van der Waals surface area contributed by atoms with E-state index >= 15 is 0 Å². The van der Waals surface area contributed by atoms with E-state index in [0.717, 1.165) is 0 Å². The van der Waals surface area contributed by atoms with Crippen molar-refractivity contribution in [1.29, 1.82) is 0 Å². The van der Waals surface area contributed by atoms with Gasteiger partial charge in [0.05, 0.1) is 0 Å². The quantitative estimate of drug-likeness (QED) is 0.786. The lowest BCUT2D eigenvalue weighted by atomic mass is 10.0. The third-order valence-corrected chi connectivity index (χ3v) is 4.80. The Balaban J connectivity index is 1.77. The Morgan fingerprint density at radius 1 is 1.05 bits per heavy atom. The van der Waals surface area contributed by atoms with E-state index in [9.17, 15) is 0 Å². The molecule has 1 N–H and O–H groups in total. The van der Waals surface area contributed by atoms with Crippen LogP contribution >= 0.6 is 11.8 Å². The van der Waals surface area contributed by atoms with E-state index in [0.29, 0.717) is 6.04 Å². The van der Waals surface area contributed by atoms with Crippen LogP contribution in [0.5, 0.6) is 0 Å². The van der Waals surface area contributed by atoms with E-state index in [1.165, 1.54) is 35.4 Å². The second kappa shape index (κ2) is 5.92. The molecular formula is C18H21NS. The van der Waals surface area contributed by atoms with Crippen molar-refractivity contribution in [3.8, 4) is 0 Å². The van der Waals surface area contributed by atoms with Crippen LogP contribution in [0.3, 0.4) is 0 Å². The highest BCUT2D eigenvalue weighted by Crippen LogP contribution is 2.28. The molecule has 2 aromatic rings. The van der Waals surface area contributed by atoms with Crippen molar-refractivity contribution >= 4 is 17.4 Å². The maximum atomic E-state index is 3.61. The lowest BCUT2D eigenvalue weighted by Crippen LogP contribution is -2.07. The van der Waals surface area contributed by atoms with Gasteiger partial charge in [0.25, 0.3) is 0 Å². The molecule has 0 radical (unpaired) electrons. The van der Waals surface area contributed by atoms with Crippen molar-refractivity contribution in [2.45, 2.75) is 37.1 Å². The van der Waals surface area contributed by atoms with E-state index in [-0.39, 0.29) is 0 Å². The number of fused-ring (bicyclic) bond motifs is 1. The van der Waals surface area contributed by atoms with Gasteiger partial charge in [-0.3, -0.25) is 0 Å². The maximum absolute atomic E-state index is 3.61. The number of thioether (sulfide) groups is 1. The Kier molecular flexibility index (Phi) is 4.02. The smallest absolute Gasteiger partial charge is 0.0485 e. The van der Waals surface area contributed by atoms with Gasteiger partial charge < -0.3 is 5.32 Å². The number of hydrogen-bond donors (Lipinski definition) is 1. The minimum Gasteiger partial charge on any atom is -0.378 e. The topological polar surface area (TPSA) is 12.0 Å². The second-order valence-electron chi connectivity index (χ2n) is 5.48. The molecule has 3 rings (SSSR count). The first kappa shape index (κ1) is 13.6. The van der Waals surface area contributed by atoms with Crippen LogP contribution in [0.25, 0.3) is 0 Å². The van der Waals surface area contributed by atoms with Crippen molar-refractivity contribution in [3.05, 3.63) is 59.2 Å². The largest absolute Gasteiger partial charge is 0.378 e. The Labute approximate surface area is 125 Å². The van der Waals surface area contributed by atoms with Crippen molar-refractivity contribution in [2.24, 2.45) is 0 Å². The van der Waals surface area contributed by atoms with E-state index in [2.05, 4.69) is 61.0 Å². The van der Waals surface area contributed by atoms with Crippen molar-refractivity contribution < 1.29 is 0 Å². The molecule has 0 spiro atoms. The van der Waals surface area contributed by atoms with Crippen LogP contribution in [0.1, 0.15) is 36.1 Å². The van der Waals surface area contributed by atoms with Gasteiger partial charge in [0.2, 0.25) is 0 Å². The van der Waals surface area contributed by atoms with E-state index < -0.39 is 0 Å². The van der Waals surface area contributed by atoms with Crippen LogP contribution < -0.4 is 5.32 Å². The Morgan fingerprint density at radius 3 is 2.75 bits per heavy atom. The van der Waals surface area contributed by atoms with Crippen LogP contribution in [-0.2, 0) is 12.8 Å². The van der Waals surface area contributed by atoms with Crippen molar-refractivity contribution in [3.63, 3.8) is 0 Å². The number of anilines is 1. The molecule has 20 heavy (non-hydrogen) atoms. The molecule has 1 atom stereocenters. The molecule has 0 heterocycles. The van der Waals surface area contributed by atoms with E-state index in [1.54, 1.807) is 22.9 Å². The number of benzene rings is 2. The molecule has 0 aliphatic heterocycles. The molecule has 2 heteroatoms. The van der Waals surface area contributed by atoms with Gasteiger partial charge in [-0.25, -0.2) is 0 Å². The predicted molar refractivity (Wildman–Crippen MR) is 88.7 cm³/mol. The average molecular weight is 283 g/mol. The zero-order valence-corrected chi connectivity index (χ0v) is 13.0. The van der Waals surface area contributed by atoms with Gasteiger partial charge in [-0.1, -0.05) is 24.3 Å². The monoisotopic (exact) mass is 283 g/mol. The number of aryl methyl sites for hydroxylation is 2. The zero-order chi connectivity index (χ0) is 13.9. The Bertz CT molecular complexity index is 606. The van der Waals surface area contributed by atoms with Crippen LogP contribution in [-0.4, -0.2) is 6.26 Å². The molecule has 0 fully saturated rings. The van der Waals surface area contributed by atoms with E-state index in [1.807, 2.05) is 0 Å². The molecule has 104 valence electrons. The number of nitrogens with one attached hydrogen (secondary N) is 1. The molecule has 1 aliphatic carbocycles. The Morgan fingerprint density at radius 2 is 1.90 bits per heavy atom. The van der Waals surface area contributed by atoms with Crippen LogP contribution in [0.2, 0.25) is 0 Å². The minimum atomic E-state index is 0.345. The van der Waals surface area contributed by atoms with Crippen molar-refractivity contribution in [2.75, 3.05) is 11.6 Å². The fourth-order valence-electron chi connectivity index (χ4n) is 2.91. The summed E-state index contributed by atoms with van der Waals surface area (Å²) in [5.41, 5.74) is 5.68. The minimum absolute atomic E-state index is 0.345. The molecule has 0 amide bonds. The van der Waals surface area contributed by atoms with Crippen LogP contribution in [0.15, 0.2) is 47.4 Å². The molecule has 0 saturated carbocycles. The number of rotatable bonds is 4. The van der Waals surface area contributed by atoms with Crippen LogP contribution in [0.4, 0.5) is 5.69 Å². The molecule has 0 saturated heterocycles. The lowest BCUT2D eigenvalue weighted by molar-refractivity contribution is 0.878. The first-order valence-corrected chi connectivity index (χ1v) is 8.51. The molecule has 0 aromatic heterocycles. The molecule has 1 aliphatic rings. The highest BCUT2D eigenvalue weighted by atomic mass is 32.2. The summed E-state index contributed by atoms with van der Waals surface area (Å²) in [6, 6.07) is 15.9. The van der Waals surface area contributed by atoms with Gasteiger partial charge in [-0.15, -0.1) is 11.8 Å². The average Bonchev–Trinajstić information content (AvgIpc) is 2.94. The van der Waals surface area contributed by atoms with Gasteiger partial charge in [0.1, 0.15) is 0 Å². The highest BCUT2D eigenvalue weighted by Gasteiger charge is 2.13. The first-order chi connectivity index (χ1) is 9.76. The molecule has 1 unspecified atom stereocenters. The summed E-state index contributed by atoms with van der Waals surface area (Å²) in [4.78, 5) is 1.30. The zero-order valence-electron chi connectivity index (χ0n) is 12.1. The van der Waals surface area contributed by atoms with Gasteiger partial charge in [0, 0.05) is 16.6 Å². The van der Waals surface area contributed by atoms with E-state index in [4.69, 9.17) is 0 Å². The normalized spacial score (nSPS) is 14.9. The second-order valence-corrected chi connectivity index (χ2v) is 6.36. The SMILES string of the molecule is CSc1cccc(NC(C)c2ccc3c(c2)CCC3)c1. The summed E-state index contributed by atoms with van der Waals surface area (Å²) < 4.78 is 0. The number of hydrogen-bond acceptors (Lipinski definition) is 2. The van der Waals surface area contributed by atoms with Crippen LogP contribution in [0, 0.1) is 0 Å². The fourth-order valence-corrected chi connectivity index (χ4v) is 3.37. The summed E-state index contributed by atoms with van der Waals surface area (Å²) in [6.07, 6.45) is 5.93. The maximum Gasteiger partial charge on any atom is 0.0485 e. The molecule has 2 aromatic carbocycles. The summed E-state index contributed by atoms with van der Waals surface area (Å²) in [5.74, 6) is 0. The van der Waals surface area contributed by atoms with Crippen molar-refractivity contribution in [1.82, 2.24) is 0 Å². The standard InChI is InChI=1S/C18H21NS/c1-13(19-17-7-4-8-18(12-17)20-2)15-10-9-14-5-3-6-16(14)11-15/h4,7-13,19H,3,5-6H2,1-2H3. The Hall–Kier alpha value is -1.41. The lowest BCUT2D eigenvalue weighted by Gasteiger charge is -2.17. The highest BCUT2D eigenvalue weighted by molar-refractivity contribution is 7.98. The third-order valence-electron chi connectivity index (χ3n) is 4.08. The van der Waals surface area contributed by atoms with Gasteiger partial charge in [0.15, 0.2) is 0 Å². The first-order valence-electron chi connectivity index (χ1n) is 7.28. The fraction of sp³-hybridized carbons (Fsp3) is 0.333. The molecular weight excluding hydrogens is 262 g/mol. The third kappa shape index (κ3) is 2.85. The summed E-state index contributed by atoms with van der Waals surface area (Å²) in [7, 11) is 0. The molecule has 1 nitrogen and oxygen atoms in total. The van der Waals surface area contributed by atoms with Gasteiger partial charge in [-0.2, -0.15) is 0 Å². The van der Waals surface area contributed by atoms with Gasteiger partial charge in [-0.05, 0) is 67.3 Å². The summed E-state index contributed by atoms with van der Waals surface area (Å²) in [6.45, 7) is 2.24. The summed E-state index contributed by atoms with van der Waals surface area (Å²) >= 11 is 1.78. The predicted octanol–water partition coefficient (Wildman–Crippen LogP) is 5.07. The summed E-state index contributed by atoms with van der Waals surface area (Å²) in [5, 5.41) is 3.61.